The van der Waals surface area contributed by atoms with Gasteiger partial charge in [0.2, 0.25) is 10.0 Å². The molecule has 0 aliphatic heterocycles. The lowest BCUT2D eigenvalue weighted by Crippen LogP contribution is -2.15. The summed E-state index contributed by atoms with van der Waals surface area (Å²) in [6.07, 6.45) is 1.50. The first-order valence-electron chi connectivity index (χ1n) is 5.22. The number of nitrogens with one attached hydrogen (secondary N) is 1. The molecule has 1 N–H and O–H groups in total. The number of aromatic nitrogens is 1. The van der Waals surface area contributed by atoms with Crippen LogP contribution in [0.3, 0.4) is 0 Å². The zero-order valence-electron chi connectivity index (χ0n) is 9.38. The van der Waals surface area contributed by atoms with Gasteiger partial charge in [0, 0.05) is 6.20 Å². The quantitative estimate of drug-likeness (QED) is 0.877. The average molecular weight is 283 g/mol. The fourth-order valence-corrected chi connectivity index (χ4v) is 2.89. The van der Waals surface area contributed by atoms with E-state index in [4.69, 9.17) is 11.6 Å². The van der Waals surface area contributed by atoms with Crippen LogP contribution in [0.2, 0.25) is 5.15 Å². The van der Waals surface area contributed by atoms with Crippen LogP contribution < -0.4 is 4.72 Å². The van der Waals surface area contributed by atoms with Gasteiger partial charge in [-0.3, -0.25) is 4.72 Å². The van der Waals surface area contributed by atoms with Gasteiger partial charge in [0.05, 0.1) is 11.4 Å². The van der Waals surface area contributed by atoms with Gasteiger partial charge in [0.15, 0.2) is 5.15 Å². The molecule has 2 rings (SSSR count). The van der Waals surface area contributed by atoms with Crippen LogP contribution in [0.15, 0.2) is 48.7 Å². The van der Waals surface area contributed by atoms with Crippen LogP contribution >= 0.6 is 11.6 Å². The summed E-state index contributed by atoms with van der Waals surface area (Å²) in [5, 5.41) is 0.133. The van der Waals surface area contributed by atoms with Crippen LogP contribution in [0, 0.1) is 0 Å². The van der Waals surface area contributed by atoms with Crippen molar-refractivity contribution in [2.24, 2.45) is 0 Å². The first-order valence-corrected chi connectivity index (χ1v) is 7.25. The van der Waals surface area contributed by atoms with Crippen molar-refractivity contribution in [1.29, 1.82) is 0 Å². The second kappa shape index (κ2) is 5.37. The van der Waals surface area contributed by atoms with Gasteiger partial charge in [-0.15, -0.1) is 0 Å². The molecular formula is C12H11ClN2O2S. The molecule has 0 fully saturated rings. The summed E-state index contributed by atoms with van der Waals surface area (Å²) in [6.45, 7) is 0. The summed E-state index contributed by atoms with van der Waals surface area (Å²) in [6, 6.07) is 12.1. The van der Waals surface area contributed by atoms with Crippen molar-refractivity contribution >= 4 is 27.3 Å². The second-order valence-electron chi connectivity index (χ2n) is 3.69. The number of pyridine rings is 1. The van der Waals surface area contributed by atoms with E-state index in [-0.39, 0.29) is 16.6 Å². The lowest BCUT2D eigenvalue weighted by molar-refractivity contribution is 0.600. The minimum Gasteiger partial charge on any atom is -0.280 e. The van der Waals surface area contributed by atoms with Gasteiger partial charge in [-0.05, 0) is 17.7 Å². The molecule has 0 saturated heterocycles. The molecule has 4 nitrogen and oxygen atoms in total. The Labute approximate surface area is 111 Å². The van der Waals surface area contributed by atoms with E-state index in [0.29, 0.717) is 5.56 Å². The molecular weight excluding hydrogens is 272 g/mol. The molecule has 0 aliphatic rings. The maximum atomic E-state index is 11.9. The molecule has 1 aromatic heterocycles. The molecule has 18 heavy (non-hydrogen) atoms. The Morgan fingerprint density at radius 1 is 1.11 bits per heavy atom. The molecule has 0 spiro atoms. The molecule has 2 aromatic rings. The summed E-state index contributed by atoms with van der Waals surface area (Å²) >= 11 is 5.80. The van der Waals surface area contributed by atoms with E-state index < -0.39 is 10.0 Å². The SMILES string of the molecule is O=S(=O)(Cc1ccccc1)Nc1cccnc1Cl. The van der Waals surface area contributed by atoms with Gasteiger partial charge in [0.25, 0.3) is 0 Å². The number of hydrogen-bond donors (Lipinski definition) is 1. The summed E-state index contributed by atoms with van der Waals surface area (Å²) in [7, 11) is -3.48. The van der Waals surface area contributed by atoms with E-state index in [0.717, 1.165) is 0 Å². The average Bonchev–Trinajstić information content (AvgIpc) is 2.32. The van der Waals surface area contributed by atoms with Crippen LogP contribution in [0.4, 0.5) is 5.69 Å². The van der Waals surface area contributed by atoms with Gasteiger partial charge in [0.1, 0.15) is 0 Å². The number of benzene rings is 1. The molecule has 0 saturated carbocycles. The van der Waals surface area contributed by atoms with E-state index in [9.17, 15) is 8.42 Å². The van der Waals surface area contributed by atoms with Gasteiger partial charge in [-0.1, -0.05) is 41.9 Å². The van der Waals surface area contributed by atoms with Crippen molar-refractivity contribution in [2.75, 3.05) is 4.72 Å². The van der Waals surface area contributed by atoms with Crippen LogP contribution in [0.5, 0.6) is 0 Å². The van der Waals surface area contributed by atoms with Crippen molar-refractivity contribution in [3.05, 3.63) is 59.4 Å². The predicted octanol–water partition coefficient (Wildman–Crippen LogP) is 2.68. The van der Waals surface area contributed by atoms with Crippen LogP contribution in [-0.4, -0.2) is 13.4 Å². The highest BCUT2D eigenvalue weighted by atomic mass is 35.5. The van der Waals surface area contributed by atoms with E-state index in [1.807, 2.05) is 6.07 Å². The van der Waals surface area contributed by atoms with Gasteiger partial charge in [-0.25, -0.2) is 13.4 Å². The van der Waals surface area contributed by atoms with Crippen molar-refractivity contribution < 1.29 is 8.42 Å². The Balaban J connectivity index is 2.16. The largest absolute Gasteiger partial charge is 0.280 e. The Kier molecular flexibility index (Phi) is 3.84. The summed E-state index contributed by atoms with van der Waals surface area (Å²) in [5.41, 5.74) is 1.00. The lowest BCUT2D eigenvalue weighted by atomic mass is 10.2. The molecule has 1 aromatic carbocycles. The van der Waals surface area contributed by atoms with Gasteiger partial charge < -0.3 is 0 Å². The van der Waals surface area contributed by atoms with Crippen molar-refractivity contribution in [2.45, 2.75) is 5.75 Å². The monoisotopic (exact) mass is 282 g/mol. The third-order valence-electron chi connectivity index (χ3n) is 2.22. The maximum Gasteiger partial charge on any atom is 0.237 e. The molecule has 0 unspecified atom stereocenters. The topological polar surface area (TPSA) is 59.1 Å². The second-order valence-corrected chi connectivity index (χ2v) is 5.77. The Bertz CT molecular complexity index is 630. The normalized spacial score (nSPS) is 11.2. The highest BCUT2D eigenvalue weighted by Gasteiger charge is 2.13. The van der Waals surface area contributed by atoms with Crippen LogP contribution in [-0.2, 0) is 15.8 Å². The predicted molar refractivity (Wildman–Crippen MR) is 71.9 cm³/mol. The van der Waals surface area contributed by atoms with E-state index in [2.05, 4.69) is 9.71 Å². The zero-order chi connectivity index (χ0) is 13.0. The Morgan fingerprint density at radius 3 is 2.50 bits per heavy atom. The maximum absolute atomic E-state index is 11.9. The zero-order valence-corrected chi connectivity index (χ0v) is 10.9. The Morgan fingerprint density at radius 2 is 1.83 bits per heavy atom. The minimum absolute atomic E-state index is 0.0982. The van der Waals surface area contributed by atoms with Crippen LogP contribution in [0.25, 0.3) is 0 Å². The first-order chi connectivity index (χ1) is 8.57. The van der Waals surface area contributed by atoms with E-state index in [1.165, 1.54) is 6.20 Å². The first kappa shape index (κ1) is 12.9. The molecule has 94 valence electrons. The highest BCUT2D eigenvalue weighted by Crippen LogP contribution is 2.20. The highest BCUT2D eigenvalue weighted by molar-refractivity contribution is 7.91. The molecule has 1 heterocycles. The fourth-order valence-electron chi connectivity index (χ4n) is 1.46. The number of rotatable bonds is 4. The molecule has 6 heteroatoms. The fraction of sp³-hybridized carbons (Fsp3) is 0.0833. The third-order valence-corrected chi connectivity index (χ3v) is 3.77. The third kappa shape index (κ3) is 3.45. The van der Waals surface area contributed by atoms with Crippen molar-refractivity contribution in [3.8, 4) is 0 Å². The number of halogens is 1. The van der Waals surface area contributed by atoms with Gasteiger partial charge >= 0.3 is 0 Å². The lowest BCUT2D eigenvalue weighted by Gasteiger charge is -2.08. The Hall–Kier alpha value is -1.59. The summed E-state index contributed by atoms with van der Waals surface area (Å²) in [4.78, 5) is 3.81. The molecule has 0 amide bonds. The smallest absolute Gasteiger partial charge is 0.237 e. The van der Waals surface area contributed by atoms with Crippen molar-refractivity contribution in [1.82, 2.24) is 4.98 Å². The summed E-state index contributed by atoms with van der Waals surface area (Å²) in [5.74, 6) is -0.0982. The molecule has 0 atom stereocenters. The minimum atomic E-state index is -3.48. The molecule has 0 aliphatic carbocycles. The van der Waals surface area contributed by atoms with E-state index in [1.54, 1.807) is 36.4 Å². The molecule has 0 radical (unpaired) electrons. The number of nitrogens with zero attached hydrogens (tertiary/aromatic N) is 1. The number of hydrogen-bond acceptors (Lipinski definition) is 3. The summed E-state index contributed by atoms with van der Waals surface area (Å²) < 4.78 is 26.3. The standard InChI is InChI=1S/C12H11ClN2O2S/c13-12-11(7-4-8-14-12)15-18(16,17)9-10-5-2-1-3-6-10/h1-8,15H,9H2. The number of anilines is 1. The van der Waals surface area contributed by atoms with E-state index >= 15 is 0 Å². The van der Waals surface area contributed by atoms with Crippen LogP contribution in [0.1, 0.15) is 5.56 Å². The molecule has 0 bridgehead atoms. The number of sulfonamides is 1. The van der Waals surface area contributed by atoms with Gasteiger partial charge in [-0.2, -0.15) is 0 Å². The van der Waals surface area contributed by atoms with Crippen molar-refractivity contribution in [3.63, 3.8) is 0 Å².